The summed E-state index contributed by atoms with van der Waals surface area (Å²) in [5.74, 6) is -0.0397. The zero-order valence-electron chi connectivity index (χ0n) is 16.3. The normalized spacial score (nSPS) is 22.3. The van der Waals surface area contributed by atoms with Crippen LogP contribution in [0.1, 0.15) is 5.56 Å². The van der Waals surface area contributed by atoms with Gasteiger partial charge in [0.25, 0.3) is 0 Å². The third kappa shape index (κ3) is 5.67. The lowest BCUT2D eigenvalue weighted by Crippen LogP contribution is -2.35. The number of rotatable bonds is 7. The number of carbonyl (C=O) groups excluding carboxylic acids is 1. The quantitative estimate of drug-likeness (QED) is 0.461. The van der Waals surface area contributed by atoms with Gasteiger partial charge in [0.1, 0.15) is 23.7 Å². The van der Waals surface area contributed by atoms with Crippen LogP contribution in [0.5, 0.6) is 5.75 Å². The van der Waals surface area contributed by atoms with E-state index in [1.54, 1.807) is 24.3 Å². The van der Waals surface area contributed by atoms with Crippen molar-refractivity contribution < 1.29 is 27.9 Å². The number of carbonyl (C=O) groups is 1. The van der Waals surface area contributed by atoms with E-state index >= 15 is 0 Å². The molecule has 1 fully saturated rings. The molecule has 2 heterocycles. The second-order valence-electron chi connectivity index (χ2n) is 6.68. The molecule has 0 bridgehead atoms. The molecule has 3 rings (SSSR count). The molecular formula is C18H23N4O7P. The first-order chi connectivity index (χ1) is 14.3. The molecule has 4 N–H and O–H groups in total. The van der Waals surface area contributed by atoms with Crippen molar-refractivity contribution in [1.29, 1.82) is 0 Å². The Bertz CT molecular complexity index is 983. The standard InChI is InChI=1S/C18H23N4O7P/c1-26-17(23)15(19)8-12-2-4-13(5-3-12)29-30(25)11-27-14(10-28-30)9-22-7-6-16(20)21-18(22)24/h2-7,14-15H,8-11,19H2,1H3,(H2,20,21,24)/t14-,15?,30?/m0/s1. The molecule has 1 aliphatic rings. The lowest BCUT2D eigenvalue weighted by molar-refractivity contribution is -0.142. The largest absolute Gasteiger partial charge is 0.468 e. The van der Waals surface area contributed by atoms with Gasteiger partial charge in [0.05, 0.1) is 20.3 Å². The van der Waals surface area contributed by atoms with Crippen molar-refractivity contribution in [1.82, 2.24) is 9.55 Å². The highest BCUT2D eigenvalue weighted by molar-refractivity contribution is 7.54. The molecule has 2 unspecified atom stereocenters. The summed E-state index contributed by atoms with van der Waals surface area (Å²) < 4.78 is 35.2. The third-order valence-electron chi connectivity index (χ3n) is 4.35. The van der Waals surface area contributed by atoms with Gasteiger partial charge in [0.2, 0.25) is 0 Å². The Kier molecular flexibility index (Phi) is 6.88. The van der Waals surface area contributed by atoms with Gasteiger partial charge in [-0.15, -0.1) is 0 Å². The number of nitrogens with two attached hydrogens (primary N) is 2. The number of ether oxygens (including phenoxy) is 2. The molecule has 1 aliphatic heterocycles. The maximum Gasteiger partial charge on any atom is 0.404 e. The van der Waals surface area contributed by atoms with E-state index in [9.17, 15) is 14.2 Å². The van der Waals surface area contributed by atoms with E-state index < -0.39 is 31.4 Å². The summed E-state index contributed by atoms with van der Waals surface area (Å²) in [5, 5.41) is 0. The van der Waals surface area contributed by atoms with Gasteiger partial charge in [-0.1, -0.05) is 12.1 Å². The number of nitrogens with zero attached hydrogens (tertiary/aromatic N) is 2. The molecule has 30 heavy (non-hydrogen) atoms. The highest BCUT2D eigenvalue weighted by atomic mass is 31.2. The molecule has 2 aromatic rings. The highest BCUT2D eigenvalue weighted by Crippen LogP contribution is 2.50. The monoisotopic (exact) mass is 438 g/mol. The number of benzene rings is 1. The van der Waals surface area contributed by atoms with Crippen LogP contribution in [0, 0.1) is 0 Å². The predicted octanol–water partition coefficient (Wildman–Crippen LogP) is 0.513. The first-order valence-electron chi connectivity index (χ1n) is 9.08. The molecule has 162 valence electrons. The van der Waals surface area contributed by atoms with Crippen LogP contribution >= 0.6 is 7.60 Å². The summed E-state index contributed by atoms with van der Waals surface area (Å²) >= 11 is 0. The average molecular weight is 438 g/mol. The highest BCUT2D eigenvalue weighted by Gasteiger charge is 2.34. The van der Waals surface area contributed by atoms with E-state index in [1.165, 1.54) is 23.9 Å². The summed E-state index contributed by atoms with van der Waals surface area (Å²) in [7, 11) is -2.23. The molecular weight excluding hydrogens is 415 g/mol. The van der Waals surface area contributed by atoms with Gasteiger partial charge in [-0.25, -0.2) is 9.36 Å². The molecule has 0 radical (unpaired) electrons. The number of hydrogen-bond donors (Lipinski definition) is 2. The van der Waals surface area contributed by atoms with Gasteiger partial charge in [0, 0.05) is 6.20 Å². The van der Waals surface area contributed by atoms with Crippen LogP contribution in [0.2, 0.25) is 0 Å². The zero-order chi connectivity index (χ0) is 21.7. The maximum absolute atomic E-state index is 12.8. The zero-order valence-corrected chi connectivity index (χ0v) is 17.2. The Balaban J connectivity index is 1.53. The smallest absolute Gasteiger partial charge is 0.404 e. The fourth-order valence-corrected chi connectivity index (χ4v) is 4.18. The van der Waals surface area contributed by atoms with Crippen molar-refractivity contribution in [2.45, 2.75) is 25.1 Å². The Labute approximate surface area is 172 Å². The van der Waals surface area contributed by atoms with Gasteiger partial charge in [0.15, 0.2) is 6.35 Å². The summed E-state index contributed by atoms with van der Waals surface area (Å²) in [6.45, 7) is 0.168. The van der Waals surface area contributed by atoms with Gasteiger partial charge >= 0.3 is 19.3 Å². The predicted molar refractivity (Wildman–Crippen MR) is 107 cm³/mol. The summed E-state index contributed by atoms with van der Waals surface area (Å²) in [4.78, 5) is 26.8. The molecule has 0 amide bonds. The van der Waals surface area contributed by atoms with Crippen LogP contribution < -0.4 is 21.7 Å². The molecule has 0 saturated carbocycles. The molecule has 1 saturated heterocycles. The van der Waals surface area contributed by atoms with Crippen LogP contribution in [0.4, 0.5) is 5.82 Å². The lowest BCUT2D eigenvalue weighted by atomic mass is 10.1. The molecule has 1 aromatic carbocycles. The van der Waals surface area contributed by atoms with E-state index in [2.05, 4.69) is 9.72 Å². The number of esters is 1. The summed E-state index contributed by atoms with van der Waals surface area (Å²) in [5.41, 5.74) is 11.5. The topological polar surface area (TPSA) is 158 Å². The fraction of sp³-hybridized carbons (Fsp3) is 0.389. The van der Waals surface area contributed by atoms with E-state index in [1.807, 2.05) is 0 Å². The SMILES string of the molecule is COC(=O)C(N)Cc1ccc(OP2(=O)CO[C@@H](Cn3ccc(N)nc3=O)CO2)cc1. The summed E-state index contributed by atoms with van der Waals surface area (Å²) in [6, 6.07) is 7.36. The second-order valence-corrected chi connectivity index (χ2v) is 8.60. The van der Waals surface area contributed by atoms with Gasteiger partial charge < -0.3 is 25.5 Å². The molecule has 12 heteroatoms. The summed E-state index contributed by atoms with van der Waals surface area (Å²) in [6.07, 6.45) is 1.06. The Hall–Kier alpha value is -2.72. The van der Waals surface area contributed by atoms with Crippen molar-refractivity contribution in [2.24, 2.45) is 5.73 Å². The van der Waals surface area contributed by atoms with Crippen molar-refractivity contribution >= 4 is 19.4 Å². The molecule has 11 nitrogen and oxygen atoms in total. The molecule has 0 aliphatic carbocycles. The second kappa shape index (κ2) is 9.40. The van der Waals surface area contributed by atoms with Crippen LogP contribution in [-0.2, 0) is 36.3 Å². The van der Waals surface area contributed by atoms with Gasteiger partial charge in [-0.2, -0.15) is 4.98 Å². The molecule has 0 spiro atoms. The van der Waals surface area contributed by atoms with Crippen LogP contribution in [0.15, 0.2) is 41.3 Å². The number of aromatic nitrogens is 2. The Morgan fingerprint density at radius 2 is 2.10 bits per heavy atom. The Morgan fingerprint density at radius 3 is 2.70 bits per heavy atom. The molecule has 3 atom stereocenters. The van der Waals surface area contributed by atoms with Crippen molar-refractivity contribution in [2.75, 3.05) is 25.8 Å². The van der Waals surface area contributed by atoms with Gasteiger partial charge in [-0.3, -0.25) is 13.9 Å². The van der Waals surface area contributed by atoms with Crippen LogP contribution in [0.3, 0.4) is 0 Å². The minimum absolute atomic E-state index is 0.0137. The van der Waals surface area contributed by atoms with E-state index in [0.29, 0.717) is 12.2 Å². The first-order valence-corrected chi connectivity index (χ1v) is 10.8. The minimum Gasteiger partial charge on any atom is -0.468 e. The number of methoxy groups -OCH3 is 1. The van der Waals surface area contributed by atoms with Crippen molar-refractivity contribution in [3.05, 3.63) is 52.6 Å². The van der Waals surface area contributed by atoms with E-state index in [4.69, 9.17) is 25.3 Å². The molecule has 1 aromatic heterocycles. The number of hydrogen-bond acceptors (Lipinski definition) is 10. The van der Waals surface area contributed by atoms with E-state index in [-0.39, 0.29) is 25.3 Å². The average Bonchev–Trinajstić information content (AvgIpc) is 2.72. The van der Waals surface area contributed by atoms with Crippen LogP contribution in [-0.4, -0.2) is 47.7 Å². The van der Waals surface area contributed by atoms with E-state index in [0.717, 1.165) is 5.56 Å². The number of nitrogen functional groups attached to an aromatic ring is 1. The maximum atomic E-state index is 12.8. The number of anilines is 1. The third-order valence-corrected chi connectivity index (χ3v) is 5.85. The van der Waals surface area contributed by atoms with Gasteiger partial charge in [-0.05, 0) is 30.2 Å². The van der Waals surface area contributed by atoms with Crippen LogP contribution in [0.25, 0.3) is 0 Å². The van der Waals surface area contributed by atoms with Crippen molar-refractivity contribution in [3.8, 4) is 5.75 Å². The minimum atomic E-state index is -3.50. The lowest BCUT2D eigenvalue weighted by Gasteiger charge is -2.29. The Morgan fingerprint density at radius 1 is 1.37 bits per heavy atom. The van der Waals surface area contributed by atoms with Crippen molar-refractivity contribution in [3.63, 3.8) is 0 Å². The first kappa shape index (κ1) is 22.0. The fourth-order valence-electron chi connectivity index (χ4n) is 2.77.